The second kappa shape index (κ2) is 3.91. The summed E-state index contributed by atoms with van der Waals surface area (Å²) in [7, 11) is 0. The summed E-state index contributed by atoms with van der Waals surface area (Å²) in [4.78, 5) is 14.9. The Bertz CT molecular complexity index is 667. The molecule has 0 aliphatic heterocycles. The fraction of sp³-hybridized carbons (Fsp3) is 0.357. The van der Waals surface area contributed by atoms with Gasteiger partial charge in [-0.1, -0.05) is 13.8 Å². The molecule has 1 atom stereocenters. The summed E-state index contributed by atoms with van der Waals surface area (Å²) < 4.78 is 0. The van der Waals surface area contributed by atoms with Crippen LogP contribution in [0.2, 0.25) is 0 Å². The number of nitro benzene ring substituents is 1. The van der Waals surface area contributed by atoms with Crippen LogP contribution in [0, 0.1) is 15.5 Å². The quantitative estimate of drug-likeness (QED) is 0.676. The van der Waals surface area contributed by atoms with Crippen molar-refractivity contribution in [2.45, 2.75) is 26.3 Å². The molecule has 19 heavy (non-hydrogen) atoms. The molecule has 98 valence electrons. The van der Waals surface area contributed by atoms with Crippen LogP contribution in [0.25, 0.3) is 10.9 Å². The van der Waals surface area contributed by atoms with E-state index in [9.17, 15) is 10.1 Å². The van der Waals surface area contributed by atoms with E-state index < -0.39 is 0 Å². The minimum Gasteiger partial charge on any atom is -0.380 e. The Balaban J connectivity index is 2.07. The molecule has 1 aliphatic carbocycles. The van der Waals surface area contributed by atoms with Crippen molar-refractivity contribution in [3.8, 4) is 0 Å². The van der Waals surface area contributed by atoms with Gasteiger partial charge in [-0.15, -0.1) is 0 Å². The largest absolute Gasteiger partial charge is 0.380 e. The highest BCUT2D eigenvalue weighted by molar-refractivity contribution is 5.96. The van der Waals surface area contributed by atoms with Gasteiger partial charge in [0, 0.05) is 18.3 Å². The van der Waals surface area contributed by atoms with E-state index in [0.717, 1.165) is 12.1 Å². The first-order valence-electron chi connectivity index (χ1n) is 6.28. The summed E-state index contributed by atoms with van der Waals surface area (Å²) in [5.41, 5.74) is 1.93. The molecule has 5 heteroatoms. The van der Waals surface area contributed by atoms with Crippen molar-refractivity contribution in [2.24, 2.45) is 5.41 Å². The average Bonchev–Trinajstić information content (AvgIpc) is 2.96. The van der Waals surface area contributed by atoms with Crippen LogP contribution in [-0.2, 0) is 0 Å². The normalized spacial score (nSPS) is 20.2. The van der Waals surface area contributed by atoms with Gasteiger partial charge in [-0.3, -0.25) is 15.1 Å². The van der Waals surface area contributed by atoms with Crippen LogP contribution in [0.15, 0.2) is 30.5 Å². The van der Waals surface area contributed by atoms with Crippen molar-refractivity contribution in [3.63, 3.8) is 0 Å². The molecule has 1 fully saturated rings. The number of nitrogens with zero attached hydrogens (tertiary/aromatic N) is 2. The molecular formula is C14H15N3O2. The molecular weight excluding hydrogens is 242 g/mol. The number of nitro groups is 1. The van der Waals surface area contributed by atoms with Crippen molar-refractivity contribution in [1.29, 1.82) is 0 Å². The minimum atomic E-state index is -0.366. The maximum atomic E-state index is 11.0. The fourth-order valence-electron chi connectivity index (χ4n) is 2.33. The second-order valence-corrected chi connectivity index (χ2v) is 5.68. The molecule has 0 spiro atoms. The van der Waals surface area contributed by atoms with Gasteiger partial charge in [0.05, 0.1) is 16.0 Å². The lowest BCUT2D eigenvalue weighted by Gasteiger charge is -2.10. The second-order valence-electron chi connectivity index (χ2n) is 5.68. The Kier molecular flexibility index (Phi) is 2.45. The van der Waals surface area contributed by atoms with Crippen molar-refractivity contribution >= 4 is 22.3 Å². The number of nitrogens with one attached hydrogen (secondary N) is 1. The molecule has 1 N–H and O–H groups in total. The predicted octanol–water partition coefficient (Wildman–Crippen LogP) is 3.35. The third-order valence-electron chi connectivity index (χ3n) is 3.79. The number of anilines is 1. The van der Waals surface area contributed by atoms with Crippen molar-refractivity contribution < 1.29 is 4.92 Å². The van der Waals surface area contributed by atoms with Gasteiger partial charge in [0.2, 0.25) is 0 Å². The Labute approximate surface area is 110 Å². The van der Waals surface area contributed by atoms with Crippen LogP contribution in [0.5, 0.6) is 0 Å². The van der Waals surface area contributed by atoms with Crippen molar-refractivity contribution in [1.82, 2.24) is 4.98 Å². The van der Waals surface area contributed by atoms with Gasteiger partial charge >= 0.3 is 0 Å². The van der Waals surface area contributed by atoms with Gasteiger partial charge in [0.25, 0.3) is 5.69 Å². The van der Waals surface area contributed by atoms with E-state index in [1.165, 1.54) is 0 Å². The first-order valence-corrected chi connectivity index (χ1v) is 6.28. The lowest BCUT2D eigenvalue weighted by Crippen LogP contribution is -2.09. The number of rotatable bonds is 3. The topological polar surface area (TPSA) is 68.1 Å². The molecule has 0 amide bonds. The van der Waals surface area contributed by atoms with Crippen LogP contribution in [0.1, 0.15) is 20.3 Å². The zero-order chi connectivity index (χ0) is 13.6. The number of non-ortho nitro benzene ring substituents is 1. The molecule has 1 unspecified atom stereocenters. The number of fused-ring (bicyclic) bond motifs is 1. The third-order valence-corrected chi connectivity index (χ3v) is 3.79. The molecule has 2 aromatic rings. The maximum Gasteiger partial charge on any atom is 0.278 e. The standard InChI is InChI=1S/C14H15N3O2/c1-14(2)8-12(14)16-10-5-6-11(17(18)19)9-4-3-7-15-13(9)10/h3-7,12,16H,8H2,1-2H3. The van der Waals surface area contributed by atoms with Gasteiger partial charge < -0.3 is 5.32 Å². The summed E-state index contributed by atoms with van der Waals surface area (Å²) >= 11 is 0. The number of aromatic nitrogens is 1. The maximum absolute atomic E-state index is 11.0. The van der Waals surface area contributed by atoms with Gasteiger partial charge in [-0.05, 0) is 30.0 Å². The predicted molar refractivity (Wildman–Crippen MR) is 74.2 cm³/mol. The summed E-state index contributed by atoms with van der Waals surface area (Å²) in [5, 5.41) is 15.0. The van der Waals surface area contributed by atoms with Gasteiger partial charge in [0.15, 0.2) is 0 Å². The first-order chi connectivity index (χ1) is 8.99. The molecule has 0 bridgehead atoms. The van der Waals surface area contributed by atoms with Crippen LogP contribution in [-0.4, -0.2) is 15.9 Å². The Morgan fingerprint density at radius 1 is 1.42 bits per heavy atom. The third kappa shape index (κ3) is 2.01. The summed E-state index contributed by atoms with van der Waals surface area (Å²) in [6.07, 6.45) is 2.77. The highest BCUT2D eigenvalue weighted by Crippen LogP contribution is 2.47. The van der Waals surface area contributed by atoms with Crippen LogP contribution >= 0.6 is 0 Å². The van der Waals surface area contributed by atoms with Gasteiger partial charge in [-0.25, -0.2) is 0 Å². The molecule has 1 aromatic heterocycles. The molecule has 0 saturated heterocycles. The monoisotopic (exact) mass is 257 g/mol. The lowest BCUT2D eigenvalue weighted by molar-refractivity contribution is -0.383. The number of pyridine rings is 1. The number of benzene rings is 1. The highest BCUT2D eigenvalue weighted by Gasteiger charge is 2.45. The zero-order valence-corrected chi connectivity index (χ0v) is 10.9. The van der Waals surface area contributed by atoms with E-state index in [2.05, 4.69) is 24.1 Å². The molecule has 1 saturated carbocycles. The SMILES string of the molecule is CC1(C)CC1Nc1ccc([N+](=O)[O-])c2cccnc12. The fourth-order valence-corrected chi connectivity index (χ4v) is 2.33. The molecule has 1 aliphatic rings. The first kappa shape index (κ1) is 11.9. The van der Waals surface area contributed by atoms with Crippen LogP contribution in [0.3, 0.4) is 0 Å². The molecule has 5 nitrogen and oxygen atoms in total. The highest BCUT2D eigenvalue weighted by atomic mass is 16.6. The summed E-state index contributed by atoms with van der Waals surface area (Å²) in [6, 6.07) is 7.17. The van der Waals surface area contributed by atoms with E-state index in [1.807, 2.05) is 0 Å². The smallest absolute Gasteiger partial charge is 0.278 e. The summed E-state index contributed by atoms with van der Waals surface area (Å²) in [5.74, 6) is 0. The Hall–Kier alpha value is -2.17. The van der Waals surface area contributed by atoms with E-state index in [1.54, 1.807) is 30.5 Å². The van der Waals surface area contributed by atoms with Gasteiger partial charge in [0.1, 0.15) is 5.52 Å². The number of hydrogen-bond acceptors (Lipinski definition) is 4. The molecule has 3 rings (SSSR count). The van der Waals surface area contributed by atoms with E-state index in [4.69, 9.17) is 0 Å². The molecule has 1 heterocycles. The van der Waals surface area contributed by atoms with Crippen molar-refractivity contribution in [3.05, 3.63) is 40.6 Å². The van der Waals surface area contributed by atoms with Crippen LogP contribution in [0.4, 0.5) is 11.4 Å². The van der Waals surface area contributed by atoms with Gasteiger partial charge in [-0.2, -0.15) is 0 Å². The van der Waals surface area contributed by atoms with E-state index in [-0.39, 0.29) is 10.6 Å². The van der Waals surface area contributed by atoms with Crippen LogP contribution < -0.4 is 5.32 Å². The minimum absolute atomic E-state index is 0.101. The zero-order valence-electron chi connectivity index (χ0n) is 10.9. The summed E-state index contributed by atoms with van der Waals surface area (Å²) in [6.45, 7) is 4.40. The lowest BCUT2D eigenvalue weighted by atomic mass is 10.1. The molecule has 0 radical (unpaired) electrons. The van der Waals surface area contributed by atoms with E-state index >= 15 is 0 Å². The Morgan fingerprint density at radius 3 is 2.79 bits per heavy atom. The molecule has 1 aromatic carbocycles. The van der Waals surface area contributed by atoms with E-state index in [0.29, 0.717) is 22.4 Å². The Morgan fingerprint density at radius 2 is 2.16 bits per heavy atom. The van der Waals surface area contributed by atoms with Crippen molar-refractivity contribution in [2.75, 3.05) is 5.32 Å². The number of hydrogen-bond donors (Lipinski definition) is 1. The average molecular weight is 257 g/mol.